The van der Waals surface area contributed by atoms with Crippen molar-refractivity contribution < 1.29 is 14.3 Å². The number of fused-ring (bicyclic) bond motifs is 3. The number of hydrogen-bond acceptors (Lipinski definition) is 6. The first-order valence-corrected chi connectivity index (χ1v) is 11.5. The summed E-state index contributed by atoms with van der Waals surface area (Å²) in [7, 11) is 1.47. The Morgan fingerprint density at radius 3 is 2.69 bits per heavy atom. The molecule has 0 spiro atoms. The fourth-order valence-corrected chi connectivity index (χ4v) is 3.99. The van der Waals surface area contributed by atoms with Crippen LogP contribution in [0.2, 0.25) is 5.02 Å². The maximum absolute atomic E-state index is 13.3. The van der Waals surface area contributed by atoms with Crippen LogP contribution in [0.4, 0.5) is 5.69 Å². The number of aryl methyl sites for hydroxylation is 1. The van der Waals surface area contributed by atoms with Crippen molar-refractivity contribution >= 4 is 39.9 Å². The minimum absolute atomic E-state index is 0.0711. The molecular weight excluding hydrogens is 474 g/mol. The highest BCUT2D eigenvalue weighted by molar-refractivity contribution is 6.31. The average Bonchev–Trinajstić information content (AvgIpc) is 3.14. The second kappa shape index (κ2) is 10.3. The molecule has 0 aliphatic rings. The first-order valence-electron chi connectivity index (χ1n) is 11.2. The largest absolute Gasteiger partial charge is 0.495 e. The van der Waals surface area contributed by atoms with Gasteiger partial charge in [-0.15, -0.1) is 5.10 Å². The number of ether oxygens (including phenoxy) is 2. The van der Waals surface area contributed by atoms with Crippen molar-refractivity contribution in [3.8, 4) is 5.75 Å². The molecular formula is C24H26ClN5O5. The van der Waals surface area contributed by atoms with E-state index in [2.05, 4.69) is 10.4 Å². The number of anilines is 1. The Labute approximate surface area is 205 Å². The smallest absolute Gasteiger partial charge is 0.352 e. The topological polar surface area (TPSA) is 109 Å². The SMILES string of the molecule is COc1ccc(Cl)cc1NC(=O)Cn1nc2n(CCCOC(C)C)c(=O)c3ccccc3n2c1=O. The fraction of sp³-hybridized carbons (Fsp3) is 0.333. The van der Waals surface area contributed by atoms with E-state index in [0.29, 0.717) is 46.9 Å². The van der Waals surface area contributed by atoms with Gasteiger partial charge in [0.05, 0.1) is 29.8 Å². The third kappa shape index (κ3) is 5.08. The number of amides is 1. The number of benzene rings is 2. The first kappa shape index (κ1) is 24.5. The second-order valence-electron chi connectivity index (χ2n) is 8.22. The van der Waals surface area contributed by atoms with Crippen molar-refractivity contribution in [1.29, 1.82) is 0 Å². The van der Waals surface area contributed by atoms with Crippen molar-refractivity contribution in [2.75, 3.05) is 19.0 Å². The number of rotatable bonds is 9. The van der Waals surface area contributed by atoms with E-state index in [1.165, 1.54) is 16.1 Å². The summed E-state index contributed by atoms with van der Waals surface area (Å²) in [6.45, 7) is 4.27. The molecule has 0 unspecified atom stereocenters. The van der Waals surface area contributed by atoms with E-state index < -0.39 is 11.6 Å². The summed E-state index contributed by atoms with van der Waals surface area (Å²) in [6, 6.07) is 11.6. The van der Waals surface area contributed by atoms with Crippen LogP contribution in [-0.4, -0.2) is 44.5 Å². The molecule has 2 aromatic heterocycles. The number of nitrogens with zero attached hydrogens (tertiary/aromatic N) is 4. The van der Waals surface area contributed by atoms with Crippen molar-refractivity contribution in [2.24, 2.45) is 0 Å². The maximum Gasteiger partial charge on any atom is 0.352 e. The number of carbonyl (C=O) groups excluding carboxylic acids is 1. The van der Waals surface area contributed by atoms with Crippen LogP contribution in [0.25, 0.3) is 16.7 Å². The number of para-hydroxylation sites is 1. The van der Waals surface area contributed by atoms with E-state index in [0.717, 1.165) is 4.68 Å². The molecule has 2 aromatic carbocycles. The molecule has 0 aliphatic carbocycles. The van der Waals surface area contributed by atoms with Gasteiger partial charge >= 0.3 is 5.69 Å². The summed E-state index contributed by atoms with van der Waals surface area (Å²) < 4.78 is 14.7. The maximum atomic E-state index is 13.3. The third-order valence-corrected chi connectivity index (χ3v) is 5.63. The monoisotopic (exact) mass is 499 g/mol. The van der Waals surface area contributed by atoms with E-state index in [1.54, 1.807) is 42.5 Å². The molecule has 11 heteroatoms. The van der Waals surface area contributed by atoms with E-state index in [4.69, 9.17) is 21.1 Å². The van der Waals surface area contributed by atoms with Gasteiger partial charge in [-0.2, -0.15) is 0 Å². The van der Waals surface area contributed by atoms with Crippen molar-refractivity contribution in [1.82, 2.24) is 18.7 Å². The normalized spacial score (nSPS) is 11.5. The number of halogens is 1. The average molecular weight is 500 g/mol. The number of methoxy groups -OCH3 is 1. The zero-order chi connectivity index (χ0) is 25.1. The predicted octanol–water partition coefficient (Wildman–Crippen LogP) is 2.93. The highest BCUT2D eigenvalue weighted by atomic mass is 35.5. The lowest BCUT2D eigenvalue weighted by Crippen LogP contribution is -2.29. The standard InChI is InChI=1S/C24H26ClN5O5/c1-15(2)35-12-6-11-28-22(32)17-7-4-5-8-19(17)30-23(28)27-29(24(30)33)14-21(31)26-18-13-16(25)9-10-20(18)34-3/h4-5,7-10,13,15H,6,11-12,14H2,1-3H3,(H,26,31). The molecule has 184 valence electrons. The van der Waals surface area contributed by atoms with Gasteiger partial charge in [-0.1, -0.05) is 23.7 Å². The van der Waals surface area contributed by atoms with Gasteiger partial charge < -0.3 is 14.8 Å². The summed E-state index contributed by atoms with van der Waals surface area (Å²) in [6.07, 6.45) is 0.629. The lowest BCUT2D eigenvalue weighted by molar-refractivity contribution is -0.117. The van der Waals surface area contributed by atoms with Crippen LogP contribution in [0.5, 0.6) is 5.75 Å². The molecule has 1 N–H and O–H groups in total. The Hall–Kier alpha value is -3.63. The molecule has 0 radical (unpaired) electrons. The van der Waals surface area contributed by atoms with Crippen LogP contribution in [0.1, 0.15) is 20.3 Å². The second-order valence-corrected chi connectivity index (χ2v) is 8.65. The molecule has 0 saturated heterocycles. The molecule has 0 bridgehead atoms. The molecule has 4 rings (SSSR count). The van der Waals surface area contributed by atoms with E-state index in [-0.39, 0.29) is 24.0 Å². The summed E-state index contributed by atoms with van der Waals surface area (Å²) >= 11 is 6.03. The van der Waals surface area contributed by atoms with Crippen LogP contribution in [0, 0.1) is 0 Å². The molecule has 35 heavy (non-hydrogen) atoms. The van der Waals surface area contributed by atoms with E-state index in [9.17, 15) is 14.4 Å². The summed E-state index contributed by atoms with van der Waals surface area (Å²) in [5.74, 6) is 0.0875. The van der Waals surface area contributed by atoms with E-state index in [1.807, 2.05) is 13.8 Å². The van der Waals surface area contributed by atoms with Gasteiger partial charge in [-0.3, -0.25) is 14.2 Å². The molecule has 1 amide bonds. The molecule has 0 atom stereocenters. The highest BCUT2D eigenvalue weighted by Gasteiger charge is 2.19. The molecule has 2 heterocycles. The Morgan fingerprint density at radius 1 is 1.17 bits per heavy atom. The Balaban J connectivity index is 1.71. The summed E-state index contributed by atoms with van der Waals surface area (Å²) in [5.41, 5.74) is 0.00387. The minimum Gasteiger partial charge on any atom is -0.495 e. The zero-order valence-corrected chi connectivity index (χ0v) is 20.4. The van der Waals surface area contributed by atoms with Gasteiger partial charge in [-0.05, 0) is 50.6 Å². The van der Waals surface area contributed by atoms with Gasteiger partial charge in [0.25, 0.3) is 5.56 Å². The number of hydrogen-bond donors (Lipinski definition) is 1. The minimum atomic E-state index is -0.531. The van der Waals surface area contributed by atoms with Crippen molar-refractivity contribution in [3.05, 3.63) is 68.3 Å². The van der Waals surface area contributed by atoms with Gasteiger partial charge in [0.2, 0.25) is 11.7 Å². The van der Waals surface area contributed by atoms with Gasteiger partial charge in [-0.25, -0.2) is 13.9 Å². The number of carbonyl (C=O) groups is 1. The quantitative estimate of drug-likeness (QED) is 0.355. The van der Waals surface area contributed by atoms with E-state index >= 15 is 0 Å². The van der Waals surface area contributed by atoms with Crippen LogP contribution in [0.15, 0.2) is 52.1 Å². The Bertz CT molecular complexity index is 1500. The lowest BCUT2D eigenvalue weighted by Gasteiger charge is -2.11. The third-order valence-electron chi connectivity index (χ3n) is 5.39. The molecule has 10 nitrogen and oxygen atoms in total. The van der Waals surface area contributed by atoms with Crippen LogP contribution in [0.3, 0.4) is 0 Å². The van der Waals surface area contributed by atoms with Crippen molar-refractivity contribution in [2.45, 2.75) is 39.5 Å². The molecule has 0 fully saturated rings. The number of nitrogens with one attached hydrogen (secondary N) is 1. The predicted molar refractivity (Wildman–Crippen MR) is 134 cm³/mol. The van der Waals surface area contributed by atoms with Gasteiger partial charge in [0, 0.05) is 18.2 Å². The first-order chi connectivity index (χ1) is 16.8. The summed E-state index contributed by atoms with van der Waals surface area (Å²) in [5, 5.41) is 7.85. The summed E-state index contributed by atoms with van der Waals surface area (Å²) in [4.78, 5) is 39.3. The number of aromatic nitrogens is 4. The van der Waals surface area contributed by atoms with Crippen LogP contribution >= 0.6 is 11.6 Å². The van der Waals surface area contributed by atoms with Crippen LogP contribution < -0.4 is 21.3 Å². The zero-order valence-electron chi connectivity index (χ0n) is 19.7. The fourth-order valence-electron chi connectivity index (χ4n) is 3.82. The Kier molecular flexibility index (Phi) is 7.23. The molecule has 4 aromatic rings. The Morgan fingerprint density at radius 2 is 1.94 bits per heavy atom. The highest BCUT2D eigenvalue weighted by Crippen LogP contribution is 2.27. The lowest BCUT2D eigenvalue weighted by atomic mass is 10.2. The van der Waals surface area contributed by atoms with Crippen LogP contribution in [-0.2, 0) is 22.6 Å². The van der Waals surface area contributed by atoms with Gasteiger partial charge in [0.15, 0.2) is 0 Å². The molecule has 0 aliphatic heterocycles. The van der Waals surface area contributed by atoms with Crippen molar-refractivity contribution in [3.63, 3.8) is 0 Å². The molecule has 0 saturated carbocycles. The van der Waals surface area contributed by atoms with Gasteiger partial charge in [0.1, 0.15) is 12.3 Å².